The number of thioether (sulfide) groups is 1. The SMILES string of the molecule is OCC1OC(n2ccc3c(SC4C=CC=CC=C4)ncnc32)C(O)C1O. The fraction of sp³-hybridized carbons (Fsp3) is 0.333. The molecule has 0 spiro atoms. The molecule has 3 N–H and O–H groups in total. The van der Waals surface area contributed by atoms with Crippen LogP contribution in [0.3, 0.4) is 0 Å². The van der Waals surface area contributed by atoms with E-state index in [0.717, 1.165) is 10.4 Å². The minimum absolute atomic E-state index is 0.153. The molecule has 4 rings (SSSR count). The molecule has 2 aliphatic rings. The minimum Gasteiger partial charge on any atom is -0.394 e. The van der Waals surface area contributed by atoms with Crippen LogP contribution in [0, 0.1) is 0 Å². The predicted molar refractivity (Wildman–Crippen MR) is 97.6 cm³/mol. The Hall–Kier alpha value is -1.97. The van der Waals surface area contributed by atoms with Crippen LogP contribution in [0.4, 0.5) is 0 Å². The number of aliphatic hydroxyl groups excluding tert-OH is 3. The highest BCUT2D eigenvalue weighted by Gasteiger charge is 2.43. The van der Waals surface area contributed by atoms with Crippen molar-refractivity contribution in [1.29, 1.82) is 0 Å². The Bertz CT molecular complexity index is 862. The lowest BCUT2D eigenvalue weighted by Crippen LogP contribution is -2.33. The number of hydrogen-bond acceptors (Lipinski definition) is 7. The fourth-order valence-electron chi connectivity index (χ4n) is 3.10. The normalized spacial score (nSPS) is 28.9. The molecule has 0 radical (unpaired) electrons. The number of aliphatic hydroxyl groups is 3. The maximum Gasteiger partial charge on any atom is 0.164 e. The molecule has 7 nitrogen and oxygen atoms in total. The first-order valence-corrected chi connectivity index (χ1v) is 9.19. The van der Waals surface area contributed by atoms with Crippen LogP contribution in [0.15, 0.2) is 60.1 Å². The molecule has 26 heavy (non-hydrogen) atoms. The zero-order chi connectivity index (χ0) is 18.1. The number of nitrogens with zero attached hydrogens (tertiary/aromatic N) is 3. The van der Waals surface area contributed by atoms with Crippen LogP contribution in [0.2, 0.25) is 0 Å². The summed E-state index contributed by atoms with van der Waals surface area (Å²) in [6.07, 6.45) is 11.4. The van der Waals surface area contributed by atoms with Gasteiger partial charge in [-0.1, -0.05) is 48.2 Å². The maximum absolute atomic E-state index is 10.3. The van der Waals surface area contributed by atoms with Gasteiger partial charge in [-0.05, 0) is 6.07 Å². The summed E-state index contributed by atoms with van der Waals surface area (Å²) in [5.74, 6) is 0. The van der Waals surface area contributed by atoms with Crippen molar-refractivity contribution in [3.8, 4) is 0 Å². The van der Waals surface area contributed by atoms with Gasteiger partial charge in [0, 0.05) is 11.4 Å². The Kier molecular flexibility index (Phi) is 4.92. The van der Waals surface area contributed by atoms with E-state index < -0.39 is 24.5 Å². The van der Waals surface area contributed by atoms with Crippen molar-refractivity contribution in [1.82, 2.24) is 14.5 Å². The molecule has 0 saturated carbocycles. The summed E-state index contributed by atoms with van der Waals surface area (Å²) >= 11 is 1.60. The predicted octanol–water partition coefficient (Wildman–Crippen LogP) is 1.19. The van der Waals surface area contributed by atoms with Gasteiger partial charge in [-0.15, -0.1) is 0 Å². The standard InChI is InChI=1S/C18H19N3O4S/c22-9-13-14(23)15(24)18(25-13)21-8-7-12-16(21)19-10-20-17(12)26-11-5-3-1-2-4-6-11/h1-8,10-11,13-15,18,22-24H,9H2. The fourth-order valence-corrected chi connectivity index (χ4v) is 4.09. The highest BCUT2D eigenvalue weighted by Crippen LogP contribution is 2.35. The molecule has 4 atom stereocenters. The molecule has 136 valence electrons. The maximum atomic E-state index is 10.3. The van der Waals surface area contributed by atoms with E-state index in [0.29, 0.717) is 5.65 Å². The Labute approximate surface area is 154 Å². The average Bonchev–Trinajstić information content (AvgIpc) is 3.08. The largest absolute Gasteiger partial charge is 0.394 e. The van der Waals surface area contributed by atoms with Crippen LogP contribution in [0.25, 0.3) is 11.0 Å². The minimum atomic E-state index is -1.15. The topological polar surface area (TPSA) is 101 Å². The summed E-state index contributed by atoms with van der Waals surface area (Å²) in [5, 5.41) is 31.4. The summed E-state index contributed by atoms with van der Waals surface area (Å²) in [6, 6.07) is 1.87. The molecule has 1 saturated heterocycles. The van der Waals surface area contributed by atoms with E-state index in [1.165, 1.54) is 6.33 Å². The first kappa shape index (κ1) is 17.4. The first-order valence-electron chi connectivity index (χ1n) is 8.31. The zero-order valence-electron chi connectivity index (χ0n) is 13.8. The van der Waals surface area contributed by atoms with Gasteiger partial charge in [-0.25, -0.2) is 9.97 Å². The molecular weight excluding hydrogens is 354 g/mol. The first-order chi connectivity index (χ1) is 12.7. The second-order valence-electron chi connectivity index (χ2n) is 6.11. The summed E-state index contributed by atoms with van der Waals surface area (Å²) in [4.78, 5) is 8.72. The van der Waals surface area contributed by atoms with E-state index in [4.69, 9.17) is 4.74 Å². The Morgan fingerprint density at radius 1 is 1.08 bits per heavy atom. The smallest absolute Gasteiger partial charge is 0.164 e. The lowest BCUT2D eigenvalue weighted by atomic mass is 10.1. The van der Waals surface area contributed by atoms with Crippen LogP contribution in [-0.4, -0.2) is 60.0 Å². The van der Waals surface area contributed by atoms with E-state index in [9.17, 15) is 15.3 Å². The van der Waals surface area contributed by atoms with Crippen molar-refractivity contribution in [2.24, 2.45) is 0 Å². The van der Waals surface area contributed by atoms with Gasteiger partial charge < -0.3 is 24.6 Å². The number of rotatable bonds is 4. The number of hydrogen-bond donors (Lipinski definition) is 3. The summed E-state index contributed by atoms with van der Waals surface area (Å²) in [6.45, 7) is -0.363. The molecule has 8 heteroatoms. The Balaban J connectivity index is 1.65. The third-order valence-electron chi connectivity index (χ3n) is 4.45. The molecule has 2 aromatic heterocycles. The number of aromatic nitrogens is 3. The van der Waals surface area contributed by atoms with E-state index in [1.54, 1.807) is 22.5 Å². The highest BCUT2D eigenvalue weighted by molar-refractivity contribution is 8.00. The molecule has 0 amide bonds. The highest BCUT2D eigenvalue weighted by atomic mass is 32.2. The summed E-state index contributed by atoms with van der Waals surface area (Å²) in [5.41, 5.74) is 0.608. The monoisotopic (exact) mass is 373 g/mol. The molecular formula is C18H19N3O4S. The molecule has 0 aromatic carbocycles. The van der Waals surface area contributed by atoms with Gasteiger partial charge >= 0.3 is 0 Å². The molecule has 0 bridgehead atoms. The van der Waals surface area contributed by atoms with E-state index >= 15 is 0 Å². The average molecular weight is 373 g/mol. The molecule has 4 unspecified atom stereocenters. The third kappa shape index (κ3) is 3.10. The summed E-state index contributed by atoms with van der Waals surface area (Å²) < 4.78 is 7.28. The van der Waals surface area contributed by atoms with Gasteiger partial charge in [0.25, 0.3) is 0 Å². The number of allylic oxidation sites excluding steroid dienone is 4. The second kappa shape index (κ2) is 7.34. The van der Waals surface area contributed by atoms with Crippen molar-refractivity contribution in [3.63, 3.8) is 0 Å². The Morgan fingerprint density at radius 3 is 2.54 bits per heavy atom. The van der Waals surface area contributed by atoms with Crippen LogP contribution in [-0.2, 0) is 4.74 Å². The van der Waals surface area contributed by atoms with Crippen molar-refractivity contribution < 1.29 is 20.1 Å². The van der Waals surface area contributed by atoms with E-state index in [1.807, 2.05) is 30.4 Å². The molecule has 1 aliphatic heterocycles. The van der Waals surface area contributed by atoms with E-state index in [2.05, 4.69) is 22.1 Å². The number of ether oxygens (including phenoxy) is 1. The molecule has 3 heterocycles. The van der Waals surface area contributed by atoms with Gasteiger partial charge in [-0.3, -0.25) is 0 Å². The zero-order valence-corrected chi connectivity index (χ0v) is 14.6. The van der Waals surface area contributed by atoms with Crippen molar-refractivity contribution in [2.75, 3.05) is 6.61 Å². The van der Waals surface area contributed by atoms with Crippen LogP contribution in [0.1, 0.15) is 6.23 Å². The third-order valence-corrected chi connectivity index (χ3v) is 5.58. The lowest BCUT2D eigenvalue weighted by molar-refractivity contribution is -0.0508. The van der Waals surface area contributed by atoms with Crippen LogP contribution >= 0.6 is 11.8 Å². The van der Waals surface area contributed by atoms with Crippen LogP contribution in [0.5, 0.6) is 0 Å². The van der Waals surface area contributed by atoms with Gasteiger partial charge in [0.1, 0.15) is 35.3 Å². The van der Waals surface area contributed by atoms with Crippen LogP contribution < -0.4 is 0 Å². The van der Waals surface area contributed by atoms with Crippen molar-refractivity contribution in [3.05, 3.63) is 55.0 Å². The van der Waals surface area contributed by atoms with Gasteiger partial charge in [0.2, 0.25) is 0 Å². The van der Waals surface area contributed by atoms with Gasteiger partial charge in [0.05, 0.1) is 12.0 Å². The van der Waals surface area contributed by atoms with Crippen molar-refractivity contribution in [2.45, 2.75) is 34.8 Å². The van der Waals surface area contributed by atoms with Gasteiger partial charge in [-0.2, -0.15) is 0 Å². The van der Waals surface area contributed by atoms with E-state index in [-0.39, 0.29) is 11.9 Å². The second-order valence-corrected chi connectivity index (χ2v) is 7.27. The summed E-state index contributed by atoms with van der Waals surface area (Å²) in [7, 11) is 0. The molecule has 1 fully saturated rings. The number of fused-ring (bicyclic) bond motifs is 1. The molecule has 1 aliphatic carbocycles. The molecule has 2 aromatic rings. The van der Waals surface area contributed by atoms with Crippen molar-refractivity contribution >= 4 is 22.8 Å². The quantitative estimate of drug-likeness (QED) is 0.692. The Morgan fingerprint density at radius 2 is 1.85 bits per heavy atom. The van der Waals surface area contributed by atoms with Gasteiger partial charge in [0.15, 0.2) is 6.23 Å². The lowest BCUT2D eigenvalue weighted by Gasteiger charge is -2.17.